The molecule has 1 heterocycles. The van der Waals surface area contributed by atoms with Gasteiger partial charge in [-0.2, -0.15) is 13.2 Å². The Morgan fingerprint density at radius 1 is 0.868 bits per heavy atom. The number of anilines is 2. The average Bonchev–Trinajstić information content (AvgIpc) is 3.07. The number of hydrogen-bond acceptors (Lipinski definition) is 8. The molecule has 0 radical (unpaired) electrons. The van der Waals surface area contributed by atoms with E-state index in [9.17, 15) is 43.6 Å². The Balaban J connectivity index is 0.000000395. The summed E-state index contributed by atoms with van der Waals surface area (Å²) in [5.41, 5.74) is 4.82. The van der Waals surface area contributed by atoms with Crippen molar-refractivity contribution in [1.29, 1.82) is 0 Å². The summed E-state index contributed by atoms with van der Waals surface area (Å²) in [5, 5.41) is 2.57. The number of sulfonamides is 2. The van der Waals surface area contributed by atoms with Crippen LogP contribution in [0.2, 0.25) is 0 Å². The lowest BCUT2D eigenvalue weighted by molar-refractivity contribution is -0.141. The molecule has 5 N–H and O–H groups in total. The molecule has 3 aromatic carbocycles. The van der Waals surface area contributed by atoms with Gasteiger partial charge in [0.2, 0.25) is 26.0 Å². The number of carbonyl (C=O) groups is 1. The second-order valence-corrected chi connectivity index (χ2v) is 15.4. The number of nitrogens with zero attached hydrogens (tertiary/aromatic N) is 1. The summed E-state index contributed by atoms with van der Waals surface area (Å²) < 4.78 is 116. The molecule has 4 aromatic rings. The van der Waals surface area contributed by atoms with E-state index >= 15 is 0 Å². The minimum absolute atomic E-state index is 0.0522. The molecule has 4 rings (SSSR count). The summed E-state index contributed by atoms with van der Waals surface area (Å²) in [6, 6.07) is 15.7. The van der Waals surface area contributed by atoms with Crippen molar-refractivity contribution in [2.45, 2.75) is 29.2 Å². The zero-order valence-electron chi connectivity index (χ0n) is 27.8. The number of nitrogens with one attached hydrogen (secondary N) is 3. The van der Waals surface area contributed by atoms with E-state index in [1.54, 1.807) is 30.3 Å². The number of benzene rings is 3. The van der Waals surface area contributed by atoms with E-state index in [2.05, 4.69) is 22.1 Å². The third-order valence-electron chi connectivity index (χ3n) is 6.44. The summed E-state index contributed by atoms with van der Waals surface area (Å²) in [4.78, 5) is 16.7. The van der Waals surface area contributed by atoms with Gasteiger partial charge in [0, 0.05) is 29.6 Å². The second kappa shape index (κ2) is 17.9. The lowest BCUT2D eigenvalue weighted by Crippen LogP contribution is -2.20. The maximum absolute atomic E-state index is 14.4. The number of hydrogen-bond donors (Lipinski definition) is 4. The molecule has 0 unspecified atom stereocenters. The molecule has 0 aliphatic rings. The standard InChI is InChI=1S/C25H19F4N3O3S2.C10H11FN2O2S/c1-3-17-13-16(14-20(26)23(17)32-37(2,34)35)15-30-22(33)12-10-18-9-11-21(25(27,28)29)31-24(18)36-19-7-5-4-6-8-19;1-3-8-4-7(6-12)5-9(11)10(8)13-16(2,14)15/h1,4-14,32H,15H2,2H3,(H,30,33);1,4-5,13H,6,12H2,2H3. The average molecular weight is 792 g/mol. The van der Waals surface area contributed by atoms with E-state index in [-0.39, 0.29) is 51.7 Å². The smallest absolute Gasteiger partial charge is 0.348 e. The summed E-state index contributed by atoms with van der Waals surface area (Å²) in [6.45, 7) is -0.0183. The largest absolute Gasteiger partial charge is 0.433 e. The zero-order valence-corrected chi connectivity index (χ0v) is 30.2. The second-order valence-electron chi connectivity index (χ2n) is 10.8. The van der Waals surface area contributed by atoms with Crippen LogP contribution in [0.5, 0.6) is 0 Å². The minimum Gasteiger partial charge on any atom is -0.348 e. The first-order valence-electron chi connectivity index (χ1n) is 14.7. The molecule has 1 aromatic heterocycles. The first kappa shape index (κ1) is 42.0. The van der Waals surface area contributed by atoms with Gasteiger partial charge in [0.1, 0.15) is 22.4 Å². The Bertz CT molecular complexity index is 2320. The highest BCUT2D eigenvalue weighted by Gasteiger charge is 2.33. The van der Waals surface area contributed by atoms with E-state index in [4.69, 9.17) is 18.6 Å². The molecular formula is C35H30F5N5O5S3. The van der Waals surface area contributed by atoms with E-state index in [0.29, 0.717) is 10.5 Å². The molecule has 53 heavy (non-hydrogen) atoms. The predicted octanol–water partition coefficient (Wildman–Crippen LogP) is 5.71. The van der Waals surface area contributed by atoms with Crippen LogP contribution >= 0.6 is 11.8 Å². The van der Waals surface area contributed by atoms with Crippen LogP contribution in [0, 0.1) is 36.3 Å². The van der Waals surface area contributed by atoms with Crippen molar-refractivity contribution < 1.29 is 43.6 Å². The summed E-state index contributed by atoms with van der Waals surface area (Å²) in [7, 11) is -7.34. The number of terminal acetylenes is 2. The third kappa shape index (κ3) is 13.3. The molecule has 278 valence electrons. The van der Waals surface area contributed by atoms with Gasteiger partial charge in [-0.05, 0) is 59.7 Å². The van der Waals surface area contributed by atoms with Crippen molar-refractivity contribution in [3.63, 3.8) is 0 Å². The molecule has 0 aliphatic carbocycles. The first-order chi connectivity index (χ1) is 24.7. The molecule has 1 amide bonds. The number of rotatable bonds is 11. The number of carbonyl (C=O) groups excluding carboxylic acids is 1. The van der Waals surface area contributed by atoms with Gasteiger partial charge in [-0.1, -0.05) is 47.9 Å². The van der Waals surface area contributed by atoms with Gasteiger partial charge in [-0.15, -0.1) is 12.8 Å². The fourth-order valence-electron chi connectivity index (χ4n) is 4.18. The number of alkyl halides is 3. The van der Waals surface area contributed by atoms with Crippen molar-refractivity contribution in [1.82, 2.24) is 10.3 Å². The number of halogens is 5. The molecular weight excluding hydrogens is 762 g/mol. The number of amides is 1. The van der Waals surface area contributed by atoms with E-state index in [1.807, 2.05) is 9.44 Å². The van der Waals surface area contributed by atoms with Crippen molar-refractivity contribution in [2.24, 2.45) is 5.73 Å². The van der Waals surface area contributed by atoms with Crippen molar-refractivity contribution >= 4 is 55.2 Å². The van der Waals surface area contributed by atoms with Gasteiger partial charge in [0.15, 0.2) is 0 Å². The number of nitrogens with two attached hydrogens (primary N) is 1. The first-order valence-corrected chi connectivity index (χ1v) is 19.3. The maximum Gasteiger partial charge on any atom is 0.433 e. The zero-order chi connectivity index (χ0) is 39.6. The van der Waals surface area contributed by atoms with Crippen LogP contribution in [-0.4, -0.2) is 40.2 Å². The monoisotopic (exact) mass is 791 g/mol. The molecule has 18 heteroatoms. The summed E-state index contributed by atoms with van der Waals surface area (Å²) in [5.74, 6) is 2.14. The molecule has 0 aliphatic heterocycles. The normalized spacial score (nSPS) is 11.5. The minimum atomic E-state index is -4.63. The van der Waals surface area contributed by atoms with Crippen LogP contribution in [0.25, 0.3) is 6.08 Å². The molecule has 0 saturated heterocycles. The summed E-state index contributed by atoms with van der Waals surface area (Å²) >= 11 is 1.01. The van der Waals surface area contributed by atoms with Crippen LogP contribution in [0.15, 0.2) is 82.7 Å². The van der Waals surface area contributed by atoms with Gasteiger partial charge in [0.05, 0.1) is 35.0 Å². The quantitative estimate of drug-likeness (QED) is 0.0855. The molecule has 0 bridgehead atoms. The predicted molar refractivity (Wildman–Crippen MR) is 194 cm³/mol. The molecule has 0 fully saturated rings. The Kier molecular flexibility index (Phi) is 14.2. The van der Waals surface area contributed by atoms with E-state index in [1.165, 1.54) is 24.3 Å². The van der Waals surface area contributed by atoms with Crippen LogP contribution in [-0.2, 0) is 44.1 Å². The molecule has 10 nitrogen and oxygen atoms in total. The van der Waals surface area contributed by atoms with Crippen LogP contribution in [0.3, 0.4) is 0 Å². The molecule has 0 spiro atoms. The van der Waals surface area contributed by atoms with Crippen molar-refractivity contribution in [2.75, 3.05) is 22.0 Å². The van der Waals surface area contributed by atoms with Gasteiger partial charge in [-0.3, -0.25) is 14.2 Å². The number of pyridine rings is 1. The topological polar surface area (TPSA) is 160 Å². The highest BCUT2D eigenvalue weighted by Crippen LogP contribution is 2.34. The SMILES string of the molecule is C#Cc1cc(CN)cc(F)c1NS(C)(=O)=O.C#Cc1cc(CNC(=O)C=Cc2ccc(C(F)(F)F)nc2Sc2ccccc2)cc(F)c1NS(C)(=O)=O. The fourth-order valence-corrected chi connectivity index (χ4v) is 6.25. The lowest BCUT2D eigenvalue weighted by Gasteiger charge is -2.11. The molecule has 0 saturated carbocycles. The lowest BCUT2D eigenvalue weighted by atomic mass is 10.1. The Morgan fingerprint density at radius 2 is 1.40 bits per heavy atom. The van der Waals surface area contributed by atoms with Gasteiger partial charge < -0.3 is 11.1 Å². The Labute approximate surface area is 307 Å². The van der Waals surface area contributed by atoms with Crippen LogP contribution in [0.4, 0.5) is 33.3 Å². The highest BCUT2D eigenvalue weighted by molar-refractivity contribution is 7.99. The number of aromatic nitrogens is 1. The fraction of sp³-hybridized carbons (Fsp3) is 0.143. The van der Waals surface area contributed by atoms with E-state index in [0.717, 1.165) is 48.5 Å². The van der Waals surface area contributed by atoms with Gasteiger partial charge in [-0.25, -0.2) is 30.6 Å². The Hall–Kier alpha value is -5.40. The van der Waals surface area contributed by atoms with Crippen LogP contribution in [0.1, 0.15) is 33.5 Å². The third-order valence-corrected chi connectivity index (χ3v) is 8.62. The highest BCUT2D eigenvalue weighted by atomic mass is 32.2. The Morgan fingerprint density at radius 3 is 1.89 bits per heavy atom. The maximum atomic E-state index is 14.4. The van der Waals surface area contributed by atoms with Crippen molar-refractivity contribution in [3.8, 4) is 24.7 Å². The van der Waals surface area contributed by atoms with Crippen molar-refractivity contribution in [3.05, 3.63) is 118 Å². The van der Waals surface area contributed by atoms with Crippen LogP contribution < -0.4 is 20.5 Å². The summed E-state index contributed by atoms with van der Waals surface area (Å²) in [6.07, 6.45) is 10.1. The van der Waals surface area contributed by atoms with E-state index < -0.39 is 49.5 Å². The van der Waals surface area contributed by atoms with Gasteiger partial charge >= 0.3 is 6.18 Å². The molecule has 0 atom stereocenters. The van der Waals surface area contributed by atoms with Gasteiger partial charge in [0.25, 0.3) is 0 Å².